The Morgan fingerprint density at radius 1 is 1.30 bits per heavy atom. The first-order chi connectivity index (χ1) is 13.1. The molecule has 1 aliphatic heterocycles. The van der Waals surface area contributed by atoms with Crippen molar-refractivity contribution in [1.82, 2.24) is 24.5 Å². The number of hydrogen-bond donors (Lipinski definition) is 0. The number of aromatic nitrogens is 4. The van der Waals surface area contributed by atoms with Gasteiger partial charge in [-0.1, -0.05) is 13.0 Å². The molecule has 27 heavy (non-hydrogen) atoms. The summed E-state index contributed by atoms with van der Waals surface area (Å²) in [6.07, 6.45) is 4.84. The molecule has 0 radical (unpaired) electrons. The minimum absolute atomic E-state index is 0.201. The number of nitrogens with zero attached hydrogens (tertiary/aromatic N) is 5. The molecule has 1 unspecified atom stereocenters. The van der Waals surface area contributed by atoms with E-state index in [1.165, 1.54) is 6.42 Å². The van der Waals surface area contributed by atoms with Crippen LogP contribution in [0, 0.1) is 13.8 Å². The first-order valence-corrected chi connectivity index (χ1v) is 10.5. The average Bonchev–Trinajstić information content (AvgIpc) is 3.34. The van der Waals surface area contributed by atoms with E-state index >= 15 is 0 Å². The lowest BCUT2D eigenvalue weighted by Gasteiger charge is -2.35. The smallest absolute Gasteiger partial charge is 0.253 e. The van der Waals surface area contributed by atoms with E-state index < -0.39 is 0 Å². The number of piperidine rings is 1. The van der Waals surface area contributed by atoms with E-state index in [1.54, 1.807) is 15.9 Å². The second-order valence-corrected chi connectivity index (χ2v) is 8.16. The molecule has 4 heterocycles. The molecular formula is C20H25N5OS. The molecule has 0 bridgehead atoms. The van der Waals surface area contributed by atoms with Gasteiger partial charge in [-0.3, -0.25) is 4.79 Å². The van der Waals surface area contributed by atoms with Gasteiger partial charge in [-0.15, -0.1) is 16.4 Å². The molecule has 1 saturated heterocycles. The van der Waals surface area contributed by atoms with Crippen molar-refractivity contribution in [3.05, 3.63) is 34.5 Å². The Hall–Kier alpha value is -2.28. The van der Waals surface area contributed by atoms with Crippen LogP contribution in [0.5, 0.6) is 0 Å². The van der Waals surface area contributed by atoms with Crippen LogP contribution < -0.4 is 0 Å². The fraction of sp³-hybridized carbons (Fsp3) is 0.500. The Morgan fingerprint density at radius 2 is 2.15 bits per heavy atom. The van der Waals surface area contributed by atoms with Crippen molar-refractivity contribution in [3.63, 3.8) is 0 Å². The topological polar surface area (TPSA) is 63.4 Å². The Labute approximate surface area is 163 Å². The molecule has 142 valence electrons. The van der Waals surface area contributed by atoms with Crippen LogP contribution in [0.25, 0.3) is 16.5 Å². The van der Waals surface area contributed by atoms with Crippen molar-refractivity contribution in [3.8, 4) is 10.7 Å². The molecule has 0 aliphatic carbocycles. The standard InChI is InChI=1S/C20H25N5OS/c1-4-15-8-5-6-10-24(15)18(26)12-16-13(2)21-20-22-19(17-9-7-11-27-17)23-25(20)14(16)3/h7,9,11,15H,4-6,8,10,12H2,1-3H3. The number of fused-ring (bicyclic) bond motifs is 1. The van der Waals surface area contributed by atoms with Gasteiger partial charge < -0.3 is 4.90 Å². The summed E-state index contributed by atoms with van der Waals surface area (Å²) in [6, 6.07) is 4.37. The first-order valence-electron chi connectivity index (χ1n) is 9.64. The predicted molar refractivity (Wildman–Crippen MR) is 107 cm³/mol. The Kier molecular flexibility index (Phi) is 4.95. The summed E-state index contributed by atoms with van der Waals surface area (Å²) >= 11 is 1.61. The highest BCUT2D eigenvalue weighted by molar-refractivity contribution is 7.13. The molecule has 0 aromatic carbocycles. The summed E-state index contributed by atoms with van der Waals surface area (Å²) in [5.41, 5.74) is 2.78. The Balaban J connectivity index is 1.66. The van der Waals surface area contributed by atoms with E-state index in [-0.39, 0.29) is 5.91 Å². The number of carbonyl (C=O) groups excluding carboxylic acids is 1. The predicted octanol–water partition coefficient (Wildman–Crippen LogP) is 3.80. The highest BCUT2D eigenvalue weighted by atomic mass is 32.1. The minimum atomic E-state index is 0.201. The Bertz CT molecular complexity index is 963. The number of aryl methyl sites for hydroxylation is 2. The summed E-state index contributed by atoms with van der Waals surface area (Å²) in [4.78, 5) is 25.3. The van der Waals surface area contributed by atoms with Gasteiger partial charge in [0.2, 0.25) is 5.91 Å². The maximum absolute atomic E-state index is 13.0. The number of likely N-dealkylation sites (tertiary alicyclic amines) is 1. The molecule has 3 aromatic heterocycles. The van der Waals surface area contributed by atoms with Gasteiger partial charge in [-0.2, -0.15) is 4.98 Å². The highest BCUT2D eigenvalue weighted by Gasteiger charge is 2.26. The fourth-order valence-electron chi connectivity index (χ4n) is 3.98. The molecule has 1 aliphatic rings. The maximum Gasteiger partial charge on any atom is 0.253 e. The van der Waals surface area contributed by atoms with Gasteiger partial charge in [0.05, 0.1) is 11.3 Å². The second kappa shape index (κ2) is 7.38. The van der Waals surface area contributed by atoms with Gasteiger partial charge in [0.1, 0.15) is 0 Å². The zero-order chi connectivity index (χ0) is 19.0. The number of thiophene rings is 1. The van der Waals surface area contributed by atoms with Crippen molar-refractivity contribution in [1.29, 1.82) is 0 Å². The van der Waals surface area contributed by atoms with Crippen LogP contribution in [0.3, 0.4) is 0 Å². The maximum atomic E-state index is 13.0. The number of carbonyl (C=O) groups is 1. The summed E-state index contributed by atoms with van der Waals surface area (Å²) in [6.45, 7) is 7.01. The molecule has 1 atom stereocenters. The van der Waals surface area contributed by atoms with Gasteiger partial charge in [-0.25, -0.2) is 9.50 Å². The quantitative estimate of drug-likeness (QED) is 0.687. The van der Waals surface area contributed by atoms with Crippen molar-refractivity contribution in [2.45, 2.75) is 58.9 Å². The molecule has 0 spiro atoms. The molecule has 4 rings (SSSR count). The van der Waals surface area contributed by atoms with Crippen molar-refractivity contribution < 1.29 is 4.79 Å². The van der Waals surface area contributed by atoms with E-state index in [9.17, 15) is 4.79 Å². The number of amides is 1. The minimum Gasteiger partial charge on any atom is -0.339 e. The Morgan fingerprint density at radius 3 is 2.89 bits per heavy atom. The third kappa shape index (κ3) is 3.36. The van der Waals surface area contributed by atoms with E-state index in [0.29, 0.717) is 24.1 Å². The first kappa shape index (κ1) is 18.1. The summed E-state index contributed by atoms with van der Waals surface area (Å²) in [5.74, 6) is 1.48. The number of hydrogen-bond acceptors (Lipinski definition) is 5. The number of rotatable bonds is 4. The lowest BCUT2D eigenvalue weighted by molar-refractivity contribution is -0.134. The summed E-state index contributed by atoms with van der Waals surface area (Å²) < 4.78 is 1.78. The normalized spacial score (nSPS) is 17.6. The zero-order valence-corrected chi connectivity index (χ0v) is 16.9. The third-order valence-electron chi connectivity index (χ3n) is 5.54. The van der Waals surface area contributed by atoms with Crippen molar-refractivity contribution in [2.75, 3.05) is 6.54 Å². The SMILES string of the molecule is CCC1CCCCN1C(=O)Cc1c(C)nc2nc(-c3cccs3)nn2c1C. The van der Waals surface area contributed by atoms with Crippen molar-refractivity contribution >= 4 is 23.0 Å². The molecule has 1 fully saturated rings. The molecule has 3 aromatic rings. The van der Waals surface area contributed by atoms with Crippen LogP contribution in [0.1, 0.15) is 49.6 Å². The molecule has 7 heteroatoms. The van der Waals surface area contributed by atoms with E-state index in [2.05, 4.69) is 26.9 Å². The lowest BCUT2D eigenvalue weighted by atomic mass is 9.98. The van der Waals surface area contributed by atoms with Gasteiger partial charge >= 0.3 is 0 Å². The van der Waals surface area contributed by atoms with Crippen LogP contribution in [0.4, 0.5) is 0 Å². The molecule has 6 nitrogen and oxygen atoms in total. The molecule has 1 amide bonds. The third-order valence-corrected chi connectivity index (χ3v) is 6.40. The van der Waals surface area contributed by atoms with Crippen LogP contribution in [-0.4, -0.2) is 43.0 Å². The van der Waals surface area contributed by atoms with Crippen LogP contribution >= 0.6 is 11.3 Å². The second-order valence-electron chi connectivity index (χ2n) is 7.21. The van der Waals surface area contributed by atoms with Crippen LogP contribution in [-0.2, 0) is 11.2 Å². The van der Waals surface area contributed by atoms with E-state index in [4.69, 9.17) is 0 Å². The summed E-state index contributed by atoms with van der Waals surface area (Å²) in [7, 11) is 0. The monoisotopic (exact) mass is 383 g/mol. The summed E-state index contributed by atoms with van der Waals surface area (Å²) in [5, 5.41) is 6.65. The van der Waals surface area contributed by atoms with E-state index in [1.807, 2.05) is 31.4 Å². The van der Waals surface area contributed by atoms with Gasteiger partial charge in [0, 0.05) is 29.5 Å². The van der Waals surface area contributed by atoms with Gasteiger partial charge in [0.25, 0.3) is 5.78 Å². The van der Waals surface area contributed by atoms with Crippen LogP contribution in [0.15, 0.2) is 17.5 Å². The zero-order valence-electron chi connectivity index (χ0n) is 16.1. The molecular weight excluding hydrogens is 358 g/mol. The molecule has 0 N–H and O–H groups in total. The van der Waals surface area contributed by atoms with Gasteiger partial charge in [0.15, 0.2) is 5.82 Å². The largest absolute Gasteiger partial charge is 0.339 e. The fourth-order valence-corrected chi connectivity index (χ4v) is 4.63. The molecule has 0 saturated carbocycles. The van der Waals surface area contributed by atoms with Gasteiger partial charge in [-0.05, 0) is 51.0 Å². The van der Waals surface area contributed by atoms with E-state index in [0.717, 1.165) is 47.6 Å². The lowest BCUT2D eigenvalue weighted by Crippen LogP contribution is -2.44. The van der Waals surface area contributed by atoms with Crippen LogP contribution in [0.2, 0.25) is 0 Å². The highest BCUT2D eigenvalue weighted by Crippen LogP contribution is 2.24. The van der Waals surface area contributed by atoms with Crippen molar-refractivity contribution in [2.24, 2.45) is 0 Å². The average molecular weight is 384 g/mol.